The lowest BCUT2D eigenvalue weighted by Gasteiger charge is -2.37. The van der Waals surface area contributed by atoms with Crippen LogP contribution in [0.15, 0.2) is 11.8 Å². The van der Waals surface area contributed by atoms with Crippen LogP contribution in [0.3, 0.4) is 0 Å². The van der Waals surface area contributed by atoms with Gasteiger partial charge < -0.3 is 24.0 Å². The number of allylic oxidation sites excluding steroid dienone is 2. The SMILES string of the molecule is CC1(C)CC(=O)C=C([N+]2(C)CCCC2)C1.[I-]. The highest BCUT2D eigenvalue weighted by atomic mass is 127. The maximum Gasteiger partial charge on any atom is 0.161 e. The summed E-state index contributed by atoms with van der Waals surface area (Å²) in [6.45, 7) is 6.85. The zero-order valence-corrected chi connectivity index (χ0v) is 12.7. The fourth-order valence-corrected chi connectivity index (χ4v) is 2.98. The molecular formula is C13H22INO. The molecule has 0 atom stereocenters. The van der Waals surface area contributed by atoms with E-state index >= 15 is 0 Å². The molecule has 3 heteroatoms. The first-order chi connectivity index (χ1) is 6.91. The second-order valence-electron chi connectivity index (χ2n) is 6.17. The quantitative estimate of drug-likeness (QED) is 0.467. The molecule has 0 amide bonds. The van der Waals surface area contributed by atoms with Crippen LogP contribution < -0.4 is 24.0 Å². The number of hydrogen-bond donors (Lipinski definition) is 0. The predicted molar refractivity (Wildman–Crippen MR) is 61.3 cm³/mol. The molecule has 0 radical (unpaired) electrons. The molecule has 2 aliphatic rings. The highest BCUT2D eigenvalue weighted by Crippen LogP contribution is 2.38. The van der Waals surface area contributed by atoms with Crippen LogP contribution in [0.4, 0.5) is 0 Å². The summed E-state index contributed by atoms with van der Waals surface area (Å²) in [6, 6.07) is 0. The molecular weight excluding hydrogens is 313 g/mol. The summed E-state index contributed by atoms with van der Waals surface area (Å²) in [6.07, 6.45) is 6.35. The fourth-order valence-electron chi connectivity index (χ4n) is 2.98. The largest absolute Gasteiger partial charge is 1.00 e. The van der Waals surface area contributed by atoms with Gasteiger partial charge >= 0.3 is 0 Å². The van der Waals surface area contributed by atoms with Crippen LogP contribution in [0.1, 0.15) is 39.5 Å². The van der Waals surface area contributed by atoms with Crippen molar-refractivity contribution in [3.63, 3.8) is 0 Å². The standard InChI is InChI=1S/C13H22NO.HI/c1-13(2)9-11(8-12(15)10-13)14(3)6-4-5-7-14;/h8H,4-7,9-10H2,1-3H3;1H/q+1;/p-1. The van der Waals surface area contributed by atoms with Gasteiger partial charge in [0.05, 0.1) is 20.1 Å². The number of quaternary nitrogens is 1. The number of hydrogen-bond acceptors (Lipinski definition) is 1. The molecule has 0 spiro atoms. The Morgan fingerprint density at radius 1 is 1.19 bits per heavy atom. The number of carbonyl (C=O) groups excluding carboxylic acids is 1. The number of carbonyl (C=O) groups is 1. The maximum absolute atomic E-state index is 11.7. The Bertz CT molecular complexity index is 314. The van der Waals surface area contributed by atoms with Crippen LogP contribution in [0.2, 0.25) is 0 Å². The van der Waals surface area contributed by atoms with E-state index in [4.69, 9.17) is 0 Å². The summed E-state index contributed by atoms with van der Waals surface area (Å²) in [5.74, 6) is 0.326. The van der Waals surface area contributed by atoms with Gasteiger partial charge in [0.25, 0.3) is 0 Å². The fraction of sp³-hybridized carbons (Fsp3) is 0.769. The first-order valence-electron chi connectivity index (χ1n) is 6.00. The third kappa shape index (κ3) is 2.86. The number of rotatable bonds is 1. The summed E-state index contributed by atoms with van der Waals surface area (Å²) >= 11 is 0. The van der Waals surface area contributed by atoms with Gasteiger partial charge in [-0.15, -0.1) is 0 Å². The molecule has 1 fully saturated rings. The number of ketones is 1. The average molecular weight is 335 g/mol. The van der Waals surface area contributed by atoms with Gasteiger partial charge in [0, 0.05) is 31.8 Å². The molecule has 0 bridgehead atoms. The maximum atomic E-state index is 11.7. The minimum Gasteiger partial charge on any atom is -1.00 e. The second kappa shape index (κ2) is 4.77. The average Bonchev–Trinajstić information content (AvgIpc) is 2.49. The lowest BCUT2D eigenvalue weighted by molar-refractivity contribution is -0.862. The van der Waals surface area contributed by atoms with Crippen LogP contribution in [0.5, 0.6) is 0 Å². The Labute approximate surface area is 116 Å². The molecule has 0 unspecified atom stereocenters. The Hall–Kier alpha value is 0.1000. The zero-order valence-electron chi connectivity index (χ0n) is 10.6. The lowest BCUT2D eigenvalue weighted by Crippen LogP contribution is -3.00. The van der Waals surface area contributed by atoms with Gasteiger partial charge in [-0.3, -0.25) is 9.28 Å². The van der Waals surface area contributed by atoms with E-state index < -0.39 is 0 Å². The van der Waals surface area contributed by atoms with Crippen molar-refractivity contribution in [2.45, 2.75) is 39.5 Å². The molecule has 0 aromatic carbocycles. The third-order valence-corrected chi connectivity index (χ3v) is 3.89. The van der Waals surface area contributed by atoms with E-state index in [1.807, 2.05) is 6.08 Å². The molecule has 92 valence electrons. The number of likely N-dealkylation sites (tertiary alicyclic amines) is 1. The van der Waals surface area contributed by atoms with Crippen LogP contribution in [0, 0.1) is 5.41 Å². The first kappa shape index (κ1) is 14.2. The van der Waals surface area contributed by atoms with Gasteiger partial charge in [0.1, 0.15) is 5.70 Å². The van der Waals surface area contributed by atoms with Crippen molar-refractivity contribution in [1.29, 1.82) is 0 Å². The summed E-state index contributed by atoms with van der Waals surface area (Å²) in [4.78, 5) is 11.7. The first-order valence-corrected chi connectivity index (χ1v) is 6.00. The van der Waals surface area contributed by atoms with E-state index in [-0.39, 0.29) is 29.4 Å². The second-order valence-corrected chi connectivity index (χ2v) is 6.17. The van der Waals surface area contributed by atoms with Crippen molar-refractivity contribution >= 4 is 5.78 Å². The highest BCUT2D eigenvalue weighted by molar-refractivity contribution is 5.91. The predicted octanol–water partition coefficient (Wildman–Crippen LogP) is -0.496. The van der Waals surface area contributed by atoms with Crippen LogP contribution in [-0.2, 0) is 4.79 Å². The van der Waals surface area contributed by atoms with E-state index in [0.29, 0.717) is 5.78 Å². The molecule has 1 aliphatic carbocycles. The molecule has 1 heterocycles. The van der Waals surface area contributed by atoms with Crippen molar-refractivity contribution in [2.75, 3.05) is 20.1 Å². The van der Waals surface area contributed by atoms with Crippen LogP contribution in [0.25, 0.3) is 0 Å². The van der Waals surface area contributed by atoms with Crippen LogP contribution in [-0.4, -0.2) is 30.4 Å². The normalized spacial score (nSPS) is 27.2. The minimum absolute atomic E-state index is 0. The third-order valence-electron chi connectivity index (χ3n) is 3.89. The Morgan fingerprint density at radius 2 is 1.75 bits per heavy atom. The molecule has 16 heavy (non-hydrogen) atoms. The molecule has 1 aliphatic heterocycles. The van der Waals surface area contributed by atoms with E-state index in [9.17, 15) is 4.79 Å². The number of nitrogens with zero attached hydrogens (tertiary/aromatic N) is 1. The molecule has 2 nitrogen and oxygen atoms in total. The van der Waals surface area contributed by atoms with Gasteiger partial charge in [-0.05, 0) is 5.41 Å². The summed E-state index contributed by atoms with van der Waals surface area (Å²) < 4.78 is 1.02. The summed E-state index contributed by atoms with van der Waals surface area (Å²) in [5.41, 5.74) is 1.54. The molecule has 1 saturated heterocycles. The van der Waals surface area contributed by atoms with E-state index in [2.05, 4.69) is 20.9 Å². The highest BCUT2D eigenvalue weighted by Gasteiger charge is 2.38. The zero-order chi connectivity index (χ0) is 11.1. The van der Waals surface area contributed by atoms with Crippen molar-refractivity contribution in [3.05, 3.63) is 11.8 Å². The Morgan fingerprint density at radius 3 is 2.25 bits per heavy atom. The van der Waals surface area contributed by atoms with Gasteiger partial charge in [-0.2, -0.15) is 0 Å². The molecule has 2 rings (SSSR count). The van der Waals surface area contributed by atoms with Gasteiger partial charge in [0.2, 0.25) is 0 Å². The van der Waals surface area contributed by atoms with E-state index in [1.54, 1.807) is 0 Å². The molecule has 0 saturated carbocycles. The van der Waals surface area contributed by atoms with Crippen LogP contribution >= 0.6 is 0 Å². The van der Waals surface area contributed by atoms with Crippen molar-refractivity contribution in [1.82, 2.24) is 0 Å². The van der Waals surface area contributed by atoms with E-state index in [0.717, 1.165) is 17.3 Å². The molecule has 0 aromatic rings. The summed E-state index contributed by atoms with van der Waals surface area (Å²) in [7, 11) is 2.29. The van der Waals surface area contributed by atoms with Gasteiger partial charge in [0.15, 0.2) is 5.78 Å². The van der Waals surface area contributed by atoms with E-state index in [1.165, 1.54) is 31.6 Å². The Balaban J connectivity index is 0.00000128. The minimum atomic E-state index is 0. The number of halogens is 1. The molecule has 0 N–H and O–H groups in total. The van der Waals surface area contributed by atoms with Crippen molar-refractivity contribution in [3.8, 4) is 0 Å². The molecule has 0 aromatic heterocycles. The van der Waals surface area contributed by atoms with Gasteiger partial charge in [-0.1, -0.05) is 13.8 Å². The Kier molecular flexibility index (Phi) is 4.22. The lowest BCUT2D eigenvalue weighted by atomic mass is 9.78. The van der Waals surface area contributed by atoms with Crippen molar-refractivity contribution in [2.24, 2.45) is 5.41 Å². The topological polar surface area (TPSA) is 17.1 Å². The van der Waals surface area contributed by atoms with Gasteiger partial charge in [-0.25, -0.2) is 0 Å². The monoisotopic (exact) mass is 335 g/mol. The van der Waals surface area contributed by atoms with Crippen molar-refractivity contribution < 1.29 is 33.3 Å². The smallest absolute Gasteiger partial charge is 0.161 e. The summed E-state index contributed by atoms with van der Waals surface area (Å²) in [5, 5.41) is 0.